The molecule has 1 aliphatic rings. The second kappa shape index (κ2) is 8.36. The first-order valence-corrected chi connectivity index (χ1v) is 9.42. The van der Waals surface area contributed by atoms with Gasteiger partial charge in [-0.1, -0.05) is 30.3 Å². The van der Waals surface area contributed by atoms with Crippen LogP contribution in [0.25, 0.3) is 11.0 Å². The second-order valence-electron chi connectivity index (χ2n) is 6.84. The highest BCUT2D eigenvalue weighted by Crippen LogP contribution is 2.27. The third-order valence-corrected chi connectivity index (χ3v) is 4.87. The lowest BCUT2D eigenvalue weighted by Crippen LogP contribution is -2.44. The molecule has 1 atom stereocenters. The normalized spacial score (nSPS) is 15.2. The van der Waals surface area contributed by atoms with E-state index < -0.39 is 12.1 Å². The van der Waals surface area contributed by atoms with E-state index in [9.17, 15) is 14.7 Å². The van der Waals surface area contributed by atoms with Crippen molar-refractivity contribution in [2.24, 2.45) is 0 Å². The molecule has 0 spiro atoms. The lowest BCUT2D eigenvalue weighted by Gasteiger charge is -2.30. The summed E-state index contributed by atoms with van der Waals surface area (Å²) in [6, 6.07) is 13.7. The number of hydrogen-bond acceptors (Lipinski definition) is 6. The molecule has 0 unspecified atom stereocenters. The van der Waals surface area contributed by atoms with Crippen molar-refractivity contribution in [2.45, 2.75) is 12.5 Å². The van der Waals surface area contributed by atoms with Crippen molar-refractivity contribution in [3.05, 3.63) is 65.9 Å². The summed E-state index contributed by atoms with van der Waals surface area (Å²) in [4.78, 5) is 27.4. The van der Waals surface area contributed by atoms with Gasteiger partial charge in [-0.3, -0.25) is 9.59 Å². The Hall–Kier alpha value is -3.32. The summed E-state index contributed by atoms with van der Waals surface area (Å²) in [6.07, 6.45) is 0.411. The number of nitrogens with zero attached hydrogens (tertiary/aromatic N) is 1. The van der Waals surface area contributed by atoms with Crippen LogP contribution in [0.1, 0.15) is 17.2 Å². The van der Waals surface area contributed by atoms with E-state index in [-0.39, 0.29) is 18.1 Å². The van der Waals surface area contributed by atoms with Gasteiger partial charge in [0.15, 0.2) is 0 Å². The number of phenolic OH excluding ortho intramolecular Hbond substituents is 1. The fourth-order valence-electron chi connectivity index (χ4n) is 3.38. The maximum absolute atomic E-state index is 13.0. The van der Waals surface area contributed by atoms with E-state index in [1.54, 1.807) is 35.2 Å². The standard InChI is InChI=1S/C22H21NO6/c24-17-6-7-18-16(14-28-19(18)13-17)12-20(25)29-21(15-4-2-1-3-5-15)22(26)23-8-10-27-11-9-23/h1-7,13-14,21,24H,8-12H2/t21-/m1/s1. The monoisotopic (exact) mass is 395 g/mol. The molecule has 150 valence electrons. The molecule has 0 bridgehead atoms. The quantitative estimate of drug-likeness (QED) is 0.669. The van der Waals surface area contributed by atoms with Crippen molar-refractivity contribution in [1.82, 2.24) is 4.90 Å². The van der Waals surface area contributed by atoms with E-state index in [0.717, 1.165) is 5.39 Å². The average Bonchev–Trinajstić information content (AvgIpc) is 3.14. The fourth-order valence-corrected chi connectivity index (χ4v) is 3.38. The van der Waals surface area contributed by atoms with Gasteiger partial charge in [-0.15, -0.1) is 0 Å². The molecule has 2 aromatic carbocycles. The molecule has 7 nitrogen and oxygen atoms in total. The number of rotatable bonds is 5. The van der Waals surface area contributed by atoms with Gasteiger partial charge in [-0.05, 0) is 12.1 Å². The number of carbonyl (C=O) groups is 2. The van der Waals surface area contributed by atoms with E-state index in [1.165, 1.54) is 18.4 Å². The smallest absolute Gasteiger partial charge is 0.311 e. The van der Waals surface area contributed by atoms with E-state index >= 15 is 0 Å². The summed E-state index contributed by atoms with van der Waals surface area (Å²) in [5.74, 6) is -0.702. The summed E-state index contributed by atoms with van der Waals surface area (Å²) in [5, 5.41) is 10.3. The van der Waals surface area contributed by atoms with Crippen LogP contribution in [0.3, 0.4) is 0 Å². The first-order chi connectivity index (χ1) is 14.1. The Morgan fingerprint density at radius 3 is 2.62 bits per heavy atom. The van der Waals surface area contributed by atoms with Gasteiger partial charge >= 0.3 is 5.97 Å². The number of esters is 1. The first-order valence-electron chi connectivity index (χ1n) is 9.42. The molecule has 2 heterocycles. The summed E-state index contributed by atoms with van der Waals surface area (Å²) in [5.41, 5.74) is 1.74. The van der Waals surface area contributed by atoms with Gasteiger partial charge in [0.25, 0.3) is 5.91 Å². The van der Waals surface area contributed by atoms with Gasteiger partial charge in [0, 0.05) is 35.7 Å². The van der Waals surface area contributed by atoms with Gasteiger partial charge in [-0.2, -0.15) is 0 Å². The van der Waals surface area contributed by atoms with E-state index in [1.807, 2.05) is 6.07 Å². The van der Waals surface area contributed by atoms with Gasteiger partial charge in [-0.25, -0.2) is 0 Å². The Labute approximate surface area is 167 Å². The zero-order chi connectivity index (χ0) is 20.2. The molecule has 4 rings (SSSR count). The van der Waals surface area contributed by atoms with Crippen LogP contribution in [0.15, 0.2) is 59.2 Å². The number of aromatic hydroxyl groups is 1. The summed E-state index contributed by atoms with van der Waals surface area (Å²) >= 11 is 0. The molecule has 0 aliphatic carbocycles. The number of morpholine rings is 1. The van der Waals surface area contributed by atoms with Crippen LogP contribution in [-0.4, -0.2) is 48.2 Å². The van der Waals surface area contributed by atoms with Crippen LogP contribution in [0.4, 0.5) is 0 Å². The predicted molar refractivity (Wildman–Crippen MR) is 104 cm³/mol. The highest BCUT2D eigenvalue weighted by Gasteiger charge is 2.30. The molecule has 1 fully saturated rings. The molecule has 1 N–H and O–H groups in total. The van der Waals surface area contributed by atoms with Gasteiger partial charge in [0.05, 0.1) is 25.9 Å². The number of fused-ring (bicyclic) bond motifs is 1. The minimum absolute atomic E-state index is 0.0441. The fraction of sp³-hybridized carbons (Fsp3) is 0.273. The Kier molecular flexibility index (Phi) is 5.48. The van der Waals surface area contributed by atoms with E-state index in [4.69, 9.17) is 13.9 Å². The third-order valence-electron chi connectivity index (χ3n) is 4.87. The summed E-state index contributed by atoms with van der Waals surface area (Å²) in [6.45, 7) is 1.87. The molecule has 1 saturated heterocycles. The number of hydrogen-bond donors (Lipinski definition) is 1. The van der Waals surface area contributed by atoms with E-state index in [0.29, 0.717) is 43.0 Å². The zero-order valence-electron chi connectivity index (χ0n) is 15.7. The van der Waals surface area contributed by atoms with Crippen LogP contribution in [0.5, 0.6) is 5.75 Å². The molecule has 1 amide bonds. The molecule has 0 saturated carbocycles. The van der Waals surface area contributed by atoms with Gasteiger partial charge in [0.1, 0.15) is 11.3 Å². The predicted octanol–water partition coefficient (Wildman–Crippen LogP) is 2.82. The van der Waals surface area contributed by atoms with Crippen molar-refractivity contribution >= 4 is 22.8 Å². The highest BCUT2D eigenvalue weighted by atomic mass is 16.5. The number of ether oxygens (including phenoxy) is 2. The molecule has 1 aliphatic heterocycles. The van der Waals surface area contributed by atoms with Crippen LogP contribution < -0.4 is 0 Å². The van der Waals surface area contributed by atoms with Crippen molar-refractivity contribution in [3.63, 3.8) is 0 Å². The maximum Gasteiger partial charge on any atom is 0.311 e. The number of carbonyl (C=O) groups excluding carboxylic acids is 2. The van der Waals surface area contributed by atoms with E-state index in [2.05, 4.69) is 0 Å². The van der Waals surface area contributed by atoms with Crippen molar-refractivity contribution in [3.8, 4) is 5.75 Å². The molecule has 7 heteroatoms. The average molecular weight is 395 g/mol. The van der Waals surface area contributed by atoms with Gasteiger partial charge < -0.3 is 23.9 Å². The number of benzene rings is 2. The van der Waals surface area contributed by atoms with Crippen LogP contribution in [0, 0.1) is 0 Å². The molecular weight excluding hydrogens is 374 g/mol. The summed E-state index contributed by atoms with van der Waals surface area (Å²) < 4.78 is 16.3. The molecule has 0 radical (unpaired) electrons. The van der Waals surface area contributed by atoms with Crippen molar-refractivity contribution < 1.29 is 28.6 Å². The van der Waals surface area contributed by atoms with Crippen LogP contribution >= 0.6 is 0 Å². The van der Waals surface area contributed by atoms with Crippen LogP contribution in [-0.2, 0) is 25.5 Å². The first kappa shape index (κ1) is 19.0. The maximum atomic E-state index is 13.0. The third kappa shape index (κ3) is 4.25. The SMILES string of the molecule is O=C(Cc1coc2cc(O)ccc12)O[C@@H](C(=O)N1CCOCC1)c1ccccc1. The van der Waals surface area contributed by atoms with Crippen molar-refractivity contribution in [1.29, 1.82) is 0 Å². The minimum atomic E-state index is -1.01. The highest BCUT2D eigenvalue weighted by molar-refractivity contribution is 5.89. The molecular formula is C22H21NO6. The Bertz CT molecular complexity index is 1010. The van der Waals surface area contributed by atoms with Gasteiger partial charge in [0.2, 0.25) is 6.10 Å². The Morgan fingerprint density at radius 2 is 1.86 bits per heavy atom. The summed E-state index contributed by atoms with van der Waals surface area (Å²) in [7, 11) is 0. The Morgan fingerprint density at radius 1 is 1.10 bits per heavy atom. The zero-order valence-corrected chi connectivity index (χ0v) is 15.7. The topological polar surface area (TPSA) is 89.2 Å². The number of amides is 1. The lowest BCUT2D eigenvalue weighted by molar-refractivity contribution is -0.162. The number of furan rings is 1. The Balaban J connectivity index is 1.53. The minimum Gasteiger partial charge on any atom is -0.508 e. The molecule has 29 heavy (non-hydrogen) atoms. The largest absolute Gasteiger partial charge is 0.508 e. The lowest BCUT2D eigenvalue weighted by atomic mass is 10.1. The van der Waals surface area contributed by atoms with Crippen molar-refractivity contribution in [2.75, 3.05) is 26.3 Å². The van der Waals surface area contributed by atoms with Crippen LogP contribution in [0.2, 0.25) is 0 Å². The molecule has 1 aromatic heterocycles. The molecule has 3 aromatic rings. The second-order valence-corrected chi connectivity index (χ2v) is 6.84. The number of phenols is 1.